The molecule has 0 radical (unpaired) electrons. The van der Waals surface area contributed by atoms with Crippen molar-refractivity contribution in [2.75, 3.05) is 6.61 Å². The Morgan fingerprint density at radius 3 is 1.39 bits per heavy atom. The molecule has 2 N–H and O–H groups in total. The van der Waals surface area contributed by atoms with E-state index >= 15 is 0 Å². The van der Waals surface area contributed by atoms with Gasteiger partial charge in [0.05, 0.1) is 0 Å². The summed E-state index contributed by atoms with van der Waals surface area (Å²) < 4.78 is 9.92. The number of carbonyl (C=O) groups excluding carboxylic acids is 2. The van der Waals surface area contributed by atoms with Gasteiger partial charge in [0.25, 0.3) is 0 Å². The Morgan fingerprint density at radius 1 is 0.583 bits per heavy atom. The van der Waals surface area contributed by atoms with Crippen molar-refractivity contribution < 1.29 is 19.1 Å². The van der Waals surface area contributed by atoms with E-state index in [9.17, 15) is 9.59 Å². The van der Waals surface area contributed by atoms with Crippen LogP contribution in [0.5, 0.6) is 0 Å². The first-order valence-corrected chi connectivity index (χ1v) is 13.8. The van der Waals surface area contributed by atoms with Crippen molar-refractivity contribution in [3.8, 4) is 0 Å². The van der Waals surface area contributed by atoms with Crippen LogP contribution in [0.2, 0.25) is 0 Å². The molecule has 0 aliphatic carbocycles. The molecule has 4 aromatic carbocycles. The van der Waals surface area contributed by atoms with E-state index in [-0.39, 0.29) is 13.2 Å². The minimum absolute atomic E-state index is 0.0627. The van der Waals surface area contributed by atoms with Crippen LogP contribution in [0, 0.1) is 0 Å². The van der Waals surface area contributed by atoms with E-state index < -0.39 is 19.4 Å². The first-order valence-electron chi connectivity index (χ1n) is 11.8. The Hall–Kier alpha value is -4.15. The molecule has 0 bridgehead atoms. The summed E-state index contributed by atoms with van der Waals surface area (Å²) in [7, 11) is -2.58. The maximum absolute atomic E-state index is 11.9. The summed E-state index contributed by atoms with van der Waals surface area (Å²) in [5.41, 5.74) is 5.12. The monoisotopic (exact) mass is 500 g/mol. The van der Waals surface area contributed by atoms with Crippen molar-refractivity contribution in [3.05, 3.63) is 121 Å². The summed E-state index contributed by atoms with van der Waals surface area (Å²) in [6.45, 7) is 1.94. The second kappa shape index (κ2) is 12.0. The number of amides is 2. The van der Waals surface area contributed by atoms with Gasteiger partial charge in [0.1, 0.15) is 0 Å². The van der Waals surface area contributed by atoms with Crippen molar-refractivity contribution >= 4 is 40.7 Å². The molecule has 0 atom stereocenters. The molecule has 4 aromatic rings. The Morgan fingerprint density at radius 2 is 0.972 bits per heavy atom. The van der Waals surface area contributed by atoms with Gasteiger partial charge >= 0.3 is 205 Å². The van der Waals surface area contributed by atoms with Gasteiger partial charge in [-0.05, 0) is 6.92 Å². The summed E-state index contributed by atoms with van der Waals surface area (Å²) in [4.78, 5) is 23.2. The fourth-order valence-corrected chi connectivity index (χ4v) is 9.11. The molecule has 36 heavy (non-hydrogen) atoms. The van der Waals surface area contributed by atoms with Crippen molar-refractivity contribution in [3.63, 3.8) is 0 Å². The van der Waals surface area contributed by atoms with E-state index in [2.05, 4.69) is 95.8 Å². The molecule has 0 aliphatic rings. The fraction of sp³-hybridized carbons (Fsp3) is 0.103. The predicted molar refractivity (Wildman–Crippen MR) is 146 cm³/mol. The molecule has 0 aromatic heterocycles. The molecular formula is C29H29N2O4P. The van der Waals surface area contributed by atoms with E-state index in [1.807, 2.05) is 30.3 Å². The van der Waals surface area contributed by atoms with Crippen LogP contribution in [0.1, 0.15) is 12.5 Å². The molecule has 2 amide bonds. The number of ether oxygens (including phenoxy) is 2. The summed E-state index contributed by atoms with van der Waals surface area (Å²) >= 11 is 0. The van der Waals surface area contributed by atoms with Crippen LogP contribution < -0.4 is 32.1 Å². The standard InChI is InChI=1S/C29H29N2O4P/c1-2-34-28(32)30-31-29(33)35-22-23-18-20-27(21-19-23)36(24-12-6-3-7-13-24,25-14-8-4-9-15-25)26-16-10-5-11-17-26/h3-21,36H,2,22H2,1H3,(H,30,32)(H,31,33). The summed E-state index contributed by atoms with van der Waals surface area (Å²) in [6.07, 6.45) is -1.52. The van der Waals surface area contributed by atoms with Crippen LogP contribution in [-0.4, -0.2) is 18.8 Å². The molecule has 0 spiro atoms. The van der Waals surface area contributed by atoms with E-state index in [0.29, 0.717) is 0 Å². The summed E-state index contributed by atoms with van der Waals surface area (Å²) in [6, 6.07) is 40.2. The van der Waals surface area contributed by atoms with E-state index in [1.165, 1.54) is 21.2 Å². The van der Waals surface area contributed by atoms with Gasteiger partial charge in [0, 0.05) is 0 Å². The molecule has 184 valence electrons. The van der Waals surface area contributed by atoms with Crippen molar-refractivity contribution in [2.45, 2.75) is 13.5 Å². The molecule has 0 aliphatic heterocycles. The number of hydrogen-bond donors (Lipinski definition) is 2. The van der Waals surface area contributed by atoms with Gasteiger partial charge in [-0.2, -0.15) is 0 Å². The maximum atomic E-state index is 11.9. The minimum atomic E-state index is -2.58. The third kappa shape index (κ3) is 5.56. The van der Waals surface area contributed by atoms with Crippen molar-refractivity contribution in [2.24, 2.45) is 0 Å². The zero-order chi connectivity index (χ0) is 25.2. The predicted octanol–water partition coefficient (Wildman–Crippen LogP) is 3.93. The topological polar surface area (TPSA) is 76.7 Å². The number of nitrogens with one attached hydrogen (secondary N) is 2. The first kappa shape index (κ1) is 25.0. The van der Waals surface area contributed by atoms with E-state index in [1.54, 1.807) is 6.92 Å². The summed E-state index contributed by atoms with van der Waals surface area (Å²) in [5, 5.41) is 5.09. The average molecular weight is 501 g/mol. The van der Waals surface area contributed by atoms with E-state index in [0.717, 1.165) is 5.56 Å². The number of hydrogen-bond acceptors (Lipinski definition) is 4. The molecule has 0 fully saturated rings. The normalized spacial score (nSPS) is 11.2. The summed E-state index contributed by atoms with van der Waals surface area (Å²) in [5.74, 6) is 0. The fourth-order valence-electron chi connectivity index (χ4n) is 4.37. The molecule has 0 saturated carbocycles. The third-order valence-corrected chi connectivity index (χ3v) is 10.7. The van der Waals surface area contributed by atoms with E-state index in [4.69, 9.17) is 9.47 Å². The van der Waals surface area contributed by atoms with Crippen molar-refractivity contribution in [1.82, 2.24) is 10.9 Å². The van der Waals surface area contributed by atoms with Gasteiger partial charge in [-0.1, -0.05) is 0 Å². The van der Waals surface area contributed by atoms with Crippen LogP contribution >= 0.6 is 7.26 Å². The molecule has 6 nitrogen and oxygen atoms in total. The zero-order valence-corrected chi connectivity index (χ0v) is 21.0. The number of carbonyl (C=O) groups is 2. The average Bonchev–Trinajstić information content (AvgIpc) is 2.94. The van der Waals surface area contributed by atoms with Crippen LogP contribution in [0.4, 0.5) is 9.59 Å². The van der Waals surface area contributed by atoms with Crippen LogP contribution in [-0.2, 0) is 16.1 Å². The van der Waals surface area contributed by atoms with Crippen LogP contribution in [0.25, 0.3) is 0 Å². The number of benzene rings is 4. The molecule has 0 heterocycles. The second-order valence-corrected chi connectivity index (χ2v) is 11.9. The number of hydrazine groups is 1. The Labute approximate surface area is 211 Å². The molecular weight excluding hydrogens is 471 g/mol. The number of rotatable bonds is 7. The zero-order valence-electron chi connectivity index (χ0n) is 20.0. The molecule has 0 saturated heterocycles. The Bertz CT molecular complexity index is 1170. The van der Waals surface area contributed by atoms with Gasteiger partial charge in [0.2, 0.25) is 0 Å². The van der Waals surface area contributed by atoms with Crippen LogP contribution in [0.3, 0.4) is 0 Å². The molecule has 7 heteroatoms. The third-order valence-electron chi connectivity index (χ3n) is 5.92. The quantitative estimate of drug-likeness (QED) is 0.298. The second-order valence-electron chi connectivity index (χ2n) is 8.09. The van der Waals surface area contributed by atoms with Gasteiger partial charge in [0.15, 0.2) is 0 Å². The van der Waals surface area contributed by atoms with Crippen molar-refractivity contribution in [1.29, 1.82) is 0 Å². The van der Waals surface area contributed by atoms with Crippen LogP contribution in [0.15, 0.2) is 115 Å². The van der Waals surface area contributed by atoms with Gasteiger partial charge in [-0.15, -0.1) is 0 Å². The first-order chi connectivity index (χ1) is 17.6. The molecule has 0 unspecified atom stereocenters. The Kier molecular flexibility index (Phi) is 8.32. The van der Waals surface area contributed by atoms with Gasteiger partial charge in [-0.3, -0.25) is 0 Å². The Balaban J connectivity index is 1.65. The van der Waals surface area contributed by atoms with Gasteiger partial charge in [-0.25, -0.2) is 0 Å². The molecule has 4 rings (SSSR count). The van der Waals surface area contributed by atoms with Gasteiger partial charge < -0.3 is 0 Å². The SMILES string of the molecule is CCOC(=O)NNC(=O)OCc1ccc([PH](c2ccccc2)(c2ccccc2)c2ccccc2)cc1.